The lowest BCUT2D eigenvalue weighted by atomic mass is 9.95. The SMILES string of the molecule is CC1NC2(CCCC2)C(=O)N1CC(C1CC1)C1CC1. The van der Waals surface area contributed by atoms with Crippen molar-refractivity contribution in [1.29, 1.82) is 0 Å². The lowest BCUT2D eigenvalue weighted by molar-refractivity contribution is -0.133. The zero-order chi connectivity index (χ0) is 13.0. The van der Waals surface area contributed by atoms with E-state index in [1.165, 1.54) is 38.5 Å². The van der Waals surface area contributed by atoms with E-state index in [2.05, 4.69) is 17.1 Å². The Kier molecular flexibility index (Phi) is 2.70. The van der Waals surface area contributed by atoms with Crippen molar-refractivity contribution in [2.75, 3.05) is 6.54 Å². The van der Waals surface area contributed by atoms with Crippen LogP contribution in [0.15, 0.2) is 0 Å². The van der Waals surface area contributed by atoms with Crippen LogP contribution < -0.4 is 5.32 Å². The number of rotatable bonds is 4. The van der Waals surface area contributed by atoms with Gasteiger partial charge in [-0.2, -0.15) is 0 Å². The largest absolute Gasteiger partial charge is 0.326 e. The van der Waals surface area contributed by atoms with E-state index in [-0.39, 0.29) is 11.7 Å². The molecule has 3 heteroatoms. The highest BCUT2D eigenvalue weighted by Gasteiger charge is 2.52. The zero-order valence-corrected chi connectivity index (χ0v) is 12.0. The fraction of sp³-hybridized carbons (Fsp3) is 0.938. The lowest BCUT2D eigenvalue weighted by Gasteiger charge is -2.27. The molecule has 1 amide bonds. The molecule has 4 fully saturated rings. The molecule has 0 aromatic rings. The Balaban J connectivity index is 1.49. The second-order valence-electron chi connectivity index (χ2n) is 7.41. The summed E-state index contributed by atoms with van der Waals surface area (Å²) in [6.45, 7) is 3.21. The van der Waals surface area contributed by atoms with Crippen molar-refractivity contribution in [3.05, 3.63) is 0 Å². The van der Waals surface area contributed by atoms with Gasteiger partial charge in [0, 0.05) is 6.54 Å². The third-order valence-electron chi connectivity index (χ3n) is 5.94. The minimum Gasteiger partial charge on any atom is -0.326 e. The van der Waals surface area contributed by atoms with Gasteiger partial charge in [-0.3, -0.25) is 10.1 Å². The van der Waals surface area contributed by atoms with E-state index in [0.29, 0.717) is 5.91 Å². The van der Waals surface area contributed by atoms with Crippen molar-refractivity contribution < 1.29 is 4.79 Å². The third kappa shape index (κ3) is 2.01. The Morgan fingerprint density at radius 2 is 1.79 bits per heavy atom. The molecule has 1 N–H and O–H groups in total. The van der Waals surface area contributed by atoms with Crippen LogP contribution in [0.1, 0.15) is 58.3 Å². The van der Waals surface area contributed by atoms with Gasteiger partial charge in [-0.25, -0.2) is 0 Å². The Bertz CT molecular complexity index is 368. The molecule has 3 aliphatic carbocycles. The van der Waals surface area contributed by atoms with E-state index in [0.717, 1.165) is 37.1 Å². The van der Waals surface area contributed by atoms with Gasteiger partial charge in [-0.1, -0.05) is 12.8 Å². The summed E-state index contributed by atoms with van der Waals surface area (Å²) < 4.78 is 0. The summed E-state index contributed by atoms with van der Waals surface area (Å²) in [4.78, 5) is 15.0. The van der Waals surface area contributed by atoms with Crippen LogP contribution in [0.4, 0.5) is 0 Å². The zero-order valence-electron chi connectivity index (χ0n) is 12.0. The molecule has 1 aliphatic heterocycles. The number of nitrogens with zero attached hydrogens (tertiary/aromatic N) is 1. The van der Waals surface area contributed by atoms with Crippen molar-refractivity contribution in [1.82, 2.24) is 10.2 Å². The van der Waals surface area contributed by atoms with Crippen molar-refractivity contribution in [2.24, 2.45) is 17.8 Å². The van der Waals surface area contributed by atoms with Crippen LogP contribution in [0, 0.1) is 17.8 Å². The summed E-state index contributed by atoms with van der Waals surface area (Å²) >= 11 is 0. The van der Waals surface area contributed by atoms with E-state index < -0.39 is 0 Å². The number of hydrogen-bond donors (Lipinski definition) is 1. The minimum absolute atomic E-state index is 0.170. The van der Waals surface area contributed by atoms with E-state index in [9.17, 15) is 4.79 Å². The first-order valence-corrected chi connectivity index (χ1v) is 8.28. The van der Waals surface area contributed by atoms with Crippen molar-refractivity contribution >= 4 is 5.91 Å². The Morgan fingerprint density at radius 3 is 2.32 bits per heavy atom. The van der Waals surface area contributed by atoms with Crippen LogP contribution in [0.25, 0.3) is 0 Å². The van der Waals surface area contributed by atoms with Gasteiger partial charge in [-0.15, -0.1) is 0 Å². The first kappa shape index (κ1) is 12.2. The highest BCUT2D eigenvalue weighted by Crippen LogP contribution is 2.50. The van der Waals surface area contributed by atoms with E-state index >= 15 is 0 Å². The molecule has 0 aromatic carbocycles. The molecule has 3 nitrogen and oxygen atoms in total. The van der Waals surface area contributed by atoms with Crippen LogP contribution in [0.2, 0.25) is 0 Å². The average Bonchev–Trinajstić information content (AvgIpc) is 3.30. The second-order valence-corrected chi connectivity index (χ2v) is 7.41. The summed E-state index contributed by atoms with van der Waals surface area (Å²) in [5, 5.41) is 3.63. The molecule has 106 valence electrons. The standard InChI is InChI=1S/C16H26N2O/c1-11-17-16(8-2-3-9-16)15(19)18(11)10-14(12-4-5-12)13-6-7-13/h11-14,17H,2-10H2,1H3. The molecule has 4 rings (SSSR count). The van der Waals surface area contributed by atoms with Crippen LogP contribution in [-0.2, 0) is 4.79 Å². The first-order chi connectivity index (χ1) is 9.20. The lowest BCUT2D eigenvalue weighted by Crippen LogP contribution is -2.44. The molecule has 0 radical (unpaired) electrons. The Morgan fingerprint density at radius 1 is 1.21 bits per heavy atom. The molecular formula is C16H26N2O. The predicted octanol–water partition coefficient (Wildman–Crippen LogP) is 2.51. The van der Waals surface area contributed by atoms with Crippen molar-refractivity contribution in [3.63, 3.8) is 0 Å². The summed E-state index contributed by atoms with van der Waals surface area (Å²) in [6.07, 6.45) is 10.5. The quantitative estimate of drug-likeness (QED) is 0.844. The van der Waals surface area contributed by atoms with Crippen LogP contribution in [0.5, 0.6) is 0 Å². The highest BCUT2D eigenvalue weighted by molar-refractivity contribution is 5.89. The predicted molar refractivity (Wildman–Crippen MR) is 74.4 cm³/mol. The van der Waals surface area contributed by atoms with Gasteiger partial charge < -0.3 is 4.90 Å². The van der Waals surface area contributed by atoms with Gasteiger partial charge in [0.15, 0.2) is 0 Å². The maximum absolute atomic E-state index is 12.8. The maximum Gasteiger partial charge on any atom is 0.244 e. The molecule has 1 atom stereocenters. The number of carbonyl (C=O) groups is 1. The molecule has 1 saturated heterocycles. The topological polar surface area (TPSA) is 32.3 Å². The Hall–Kier alpha value is -0.570. The van der Waals surface area contributed by atoms with Gasteiger partial charge in [0.1, 0.15) is 0 Å². The van der Waals surface area contributed by atoms with Crippen LogP contribution >= 0.6 is 0 Å². The molecule has 1 spiro atoms. The third-order valence-corrected chi connectivity index (χ3v) is 5.94. The van der Waals surface area contributed by atoms with Gasteiger partial charge >= 0.3 is 0 Å². The summed E-state index contributed by atoms with van der Waals surface area (Å²) in [5.41, 5.74) is -0.170. The fourth-order valence-corrected chi connectivity index (χ4v) is 4.53. The number of nitrogens with one attached hydrogen (secondary N) is 1. The van der Waals surface area contributed by atoms with Crippen LogP contribution in [0.3, 0.4) is 0 Å². The molecular weight excluding hydrogens is 236 g/mol. The summed E-state index contributed by atoms with van der Waals surface area (Å²) in [7, 11) is 0. The van der Waals surface area contributed by atoms with Crippen LogP contribution in [-0.4, -0.2) is 29.1 Å². The monoisotopic (exact) mass is 262 g/mol. The molecule has 3 saturated carbocycles. The molecule has 1 unspecified atom stereocenters. The van der Waals surface area contributed by atoms with Gasteiger partial charge in [0.25, 0.3) is 0 Å². The molecule has 19 heavy (non-hydrogen) atoms. The van der Waals surface area contributed by atoms with E-state index in [1.54, 1.807) is 0 Å². The second kappa shape index (κ2) is 4.21. The summed E-state index contributed by atoms with van der Waals surface area (Å²) in [6, 6.07) is 0. The number of amides is 1. The Labute approximate surface area is 116 Å². The van der Waals surface area contributed by atoms with Crippen molar-refractivity contribution in [2.45, 2.75) is 70.0 Å². The van der Waals surface area contributed by atoms with Gasteiger partial charge in [0.2, 0.25) is 5.91 Å². The normalized spacial score (nSPS) is 33.9. The minimum atomic E-state index is -0.170. The number of hydrogen-bond acceptors (Lipinski definition) is 2. The highest BCUT2D eigenvalue weighted by atomic mass is 16.2. The first-order valence-electron chi connectivity index (χ1n) is 8.28. The smallest absolute Gasteiger partial charge is 0.244 e. The van der Waals surface area contributed by atoms with E-state index in [1.807, 2.05) is 0 Å². The molecule has 0 aromatic heterocycles. The van der Waals surface area contributed by atoms with E-state index in [4.69, 9.17) is 0 Å². The average molecular weight is 262 g/mol. The maximum atomic E-state index is 12.8. The molecule has 0 bridgehead atoms. The summed E-state index contributed by atoms with van der Waals surface area (Å²) in [5.74, 6) is 3.11. The van der Waals surface area contributed by atoms with Crippen molar-refractivity contribution in [3.8, 4) is 0 Å². The molecule has 1 heterocycles. The fourth-order valence-electron chi connectivity index (χ4n) is 4.53. The number of carbonyl (C=O) groups excluding carboxylic acids is 1. The molecule has 4 aliphatic rings. The van der Waals surface area contributed by atoms with Gasteiger partial charge in [0.05, 0.1) is 11.7 Å². The van der Waals surface area contributed by atoms with Gasteiger partial charge in [-0.05, 0) is 63.2 Å².